The molecule has 0 bridgehead atoms. The Morgan fingerprint density at radius 3 is 1.94 bits per heavy atom. The van der Waals surface area contributed by atoms with Gasteiger partial charge in [0.25, 0.3) is 10.0 Å². The molecule has 0 unspecified atom stereocenters. The largest absolute Gasteiger partial charge is 0.457 e. The molecule has 10 heteroatoms. The molecule has 0 aliphatic carbocycles. The topological polar surface area (TPSA) is 96.0 Å². The number of rotatable bonds is 14. The first-order chi connectivity index (χ1) is 23.3. The maximum absolute atomic E-state index is 14.5. The lowest BCUT2D eigenvalue weighted by molar-refractivity contribution is -0.140. The first-order valence-corrected chi connectivity index (χ1v) is 17.3. The first kappa shape index (κ1) is 34.2. The van der Waals surface area contributed by atoms with E-state index in [1.807, 2.05) is 60.7 Å². The number of halogens is 1. The molecule has 5 rings (SSSR count). The van der Waals surface area contributed by atoms with Gasteiger partial charge in [-0.1, -0.05) is 96.5 Å². The fourth-order valence-corrected chi connectivity index (χ4v) is 6.84. The number of amides is 2. The molecule has 0 aliphatic heterocycles. The van der Waals surface area contributed by atoms with Gasteiger partial charge in [-0.25, -0.2) is 8.42 Å². The van der Waals surface area contributed by atoms with Crippen LogP contribution in [0.3, 0.4) is 0 Å². The molecular weight excluding hydrogens is 646 g/mol. The van der Waals surface area contributed by atoms with Crippen LogP contribution in [0.5, 0.6) is 11.5 Å². The molecule has 5 aromatic carbocycles. The number of hydrogen-bond donors (Lipinski definition) is 1. The number of para-hydroxylation sites is 1. The Bertz CT molecular complexity index is 1910. The second-order valence-corrected chi connectivity index (χ2v) is 13.2. The molecular formula is C38H36ClN3O5S. The summed E-state index contributed by atoms with van der Waals surface area (Å²) in [6.07, 6.45) is 0.208. The Morgan fingerprint density at radius 2 is 1.31 bits per heavy atom. The highest BCUT2D eigenvalue weighted by atomic mass is 35.5. The second kappa shape index (κ2) is 16.1. The Hall–Kier alpha value is -5.12. The minimum Gasteiger partial charge on any atom is -0.457 e. The maximum Gasteiger partial charge on any atom is 0.264 e. The van der Waals surface area contributed by atoms with Crippen LogP contribution in [0.2, 0.25) is 5.02 Å². The van der Waals surface area contributed by atoms with E-state index in [9.17, 15) is 18.0 Å². The monoisotopic (exact) mass is 681 g/mol. The maximum atomic E-state index is 14.5. The predicted molar refractivity (Wildman–Crippen MR) is 189 cm³/mol. The molecule has 1 N–H and O–H groups in total. The van der Waals surface area contributed by atoms with E-state index >= 15 is 0 Å². The lowest BCUT2D eigenvalue weighted by Gasteiger charge is -2.34. The van der Waals surface area contributed by atoms with E-state index in [-0.39, 0.29) is 29.5 Å². The number of anilines is 1. The normalized spacial score (nSPS) is 11.7. The fraction of sp³-hybridized carbons (Fsp3) is 0.158. The Morgan fingerprint density at radius 1 is 0.750 bits per heavy atom. The molecule has 0 fully saturated rings. The lowest BCUT2D eigenvalue weighted by atomic mass is 10.0. The van der Waals surface area contributed by atoms with E-state index in [1.54, 1.807) is 73.7 Å². The van der Waals surface area contributed by atoms with E-state index in [1.165, 1.54) is 17.0 Å². The summed E-state index contributed by atoms with van der Waals surface area (Å²) in [7, 11) is -4.23. The van der Waals surface area contributed by atoms with Crippen LogP contribution in [-0.4, -0.2) is 44.3 Å². The predicted octanol–water partition coefficient (Wildman–Crippen LogP) is 7.10. The zero-order chi connectivity index (χ0) is 33.9. The summed E-state index contributed by atoms with van der Waals surface area (Å²) in [4.78, 5) is 29.6. The quantitative estimate of drug-likeness (QED) is 0.135. The van der Waals surface area contributed by atoms with E-state index in [0.717, 1.165) is 9.87 Å². The highest BCUT2D eigenvalue weighted by Crippen LogP contribution is 2.29. The van der Waals surface area contributed by atoms with Crippen molar-refractivity contribution in [2.24, 2.45) is 0 Å². The van der Waals surface area contributed by atoms with Crippen molar-refractivity contribution in [1.29, 1.82) is 0 Å². The first-order valence-electron chi connectivity index (χ1n) is 15.5. The molecule has 246 valence electrons. The van der Waals surface area contributed by atoms with Crippen LogP contribution in [0.1, 0.15) is 18.1 Å². The summed E-state index contributed by atoms with van der Waals surface area (Å²) in [6.45, 7) is 1.56. The summed E-state index contributed by atoms with van der Waals surface area (Å²) < 4.78 is 35.4. The molecule has 48 heavy (non-hydrogen) atoms. The van der Waals surface area contributed by atoms with Gasteiger partial charge in [0.15, 0.2) is 0 Å². The summed E-state index contributed by atoms with van der Waals surface area (Å²) >= 11 is 6.55. The number of nitrogens with one attached hydrogen (secondary N) is 1. The molecule has 0 aromatic heterocycles. The minimum absolute atomic E-state index is 0.0176. The van der Waals surface area contributed by atoms with Gasteiger partial charge in [0, 0.05) is 24.5 Å². The number of hydrogen-bond acceptors (Lipinski definition) is 5. The number of benzene rings is 5. The van der Waals surface area contributed by atoms with Crippen LogP contribution < -0.4 is 14.4 Å². The second-order valence-electron chi connectivity index (χ2n) is 10.9. The molecule has 2 amide bonds. The Labute approximate surface area is 286 Å². The van der Waals surface area contributed by atoms with Crippen molar-refractivity contribution in [1.82, 2.24) is 10.2 Å². The van der Waals surface area contributed by atoms with Gasteiger partial charge >= 0.3 is 0 Å². The Kier molecular flexibility index (Phi) is 11.5. The molecule has 0 heterocycles. The van der Waals surface area contributed by atoms with Gasteiger partial charge in [-0.05, 0) is 72.6 Å². The van der Waals surface area contributed by atoms with E-state index in [2.05, 4.69) is 5.32 Å². The van der Waals surface area contributed by atoms with Gasteiger partial charge in [-0.2, -0.15) is 0 Å². The van der Waals surface area contributed by atoms with Crippen molar-refractivity contribution in [3.05, 3.63) is 156 Å². The van der Waals surface area contributed by atoms with Crippen LogP contribution in [0.4, 0.5) is 5.69 Å². The van der Waals surface area contributed by atoms with Crippen LogP contribution >= 0.6 is 11.6 Å². The molecule has 1 atom stereocenters. The number of carbonyl (C=O) groups excluding carboxylic acids is 2. The zero-order valence-electron chi connectivity index (χ0n) is 26.4. The van der Waals surface area contributed by atoms with Crippen molar-refractivity contribution >= 4 is 39.1 Å². The average Bonchev–Trinajstić information content (AvgIpc) is 3.11. The third-order valence-corrected chi connectivity index (χ3v) is 9.79. The molecule has 0 spiro atoms. The number of nitrogens with zero attached hydrogens (tertiary/aromatic N) is 2. The molecule has 0 radical (unpaired) electrons. The van der Waals surface area contributed by atoms with Gasteiger partial charge in [-0.15, -0.1) is 0 Å². The number of sulfonamides is 1. The fourth-order valence-electron chi connectivity index (χ4n) is 5.21. The zero-order valence-corrected chi connectivity index (χ0v) is 28.0. The van der Waals surface area contributed by atoms with E-state index in [0.29, 0.717) is 28.6 Å². The molecule has 0 saturated carbocycles. The standard InChI is InChI=1S/C38H36ClN3O5S/c1-2-40-38(44)36(26-29-14-6-3-7-15-29)41(27-30-16-12-13-21-35(30)39)37(43)28-42(48(45,46)34-19-10-5-11-20-34)31-22-24-33(25-23-31)47-32-17-8-4-9-18-32/h3-25,36H,2,26-28H2,1H3,(H,40,44)/t36-/m0/s1. The summed E-state index contributed by atoms with van der Waals surface area (Å²) in [5.41, 5.74) is 1.71. The third-order valence-electron chi connectivity index (χ3n) is 7.63. The number of ether oxygens (including phenoxy) is 1. The molecule has 5 aromatic rings. The molecule has 8 nitrogen and oxygen atoms in total. The van der Waals surface area contributed by atoms with E-state index in [4.69, 9.17) is 16.3 Å². The van der Waals surface area contributed by atoms with Crippen molar-refractivity contribution in [3.63, 3.8) is 0 Å². The summed E-state index contributed by atoms with van der Waals surface area (Å²) in [6, 6.07) is 39.1. The van der Waals surface area contributed by atoms with Gasteiger partial charge in [-0.3, -0.25) is 13.9 Å². The molecule has 0 saturated heterocycles. The van der Waals surface area contributed by atoms with Crippen molar-refractivity contribution < 1.29 is 22.7 Å². The van der Waals surface area contributed by atoms with Crippen molar-refractivity contribution in [2.75, 3.05) is 17.4 Å². The highest BCUT2D eigenvalue weighted by Gasteiger charge is 2.34. The third kappa shape index (κ3) is 8.61. The van der Waals surface area contributed by atoms with Gasteiger partial charge in [0.05, 0.1) is 10.6 Å². The van der Waals surface area contributed by atoms with Gasteiger partial charge < -0.3 is 15.0 Å². The van der Waals surface area contributed by atoms with Crippen LogP contribution in [0, 0.1) is 0 Å². The van der Waals surface area contributed by atoms with Crippen molar-refractivity contribution in [2.45, 2.75) is 30.8 Å². The van der Waals surface area contributed by atoms with Crippen LogP contribution in [0.15, 0.2) is 144 Å². The summed E-state index contributed by atoms with van der Waals surface area (Å²) in [5.74, 6) is 0.180. The lowest BCUT2D eigenvalue weighted by Crippen LogP contribution is -2.53. The molecule has 0 aliphatic rings. The van der Waals surface area contributed by atoms with E-state index < -0.39 is 28.5 Å². The van der Waals surface area contributed by atoms with Crippen molar-refractivity contribution in [3.8, 4) is 11.5 Å². The SMILES string of the molecule is CCNC(=O)[C@H](Cc1ccccc1)N(Cc1ccccc1Cl)C(=O)CN(c1ccc(Oc2ccccc2)cc1)S(=O)(=O)c1ccccc1. The summed E-state index contributed by atoms with van der Waals surface area (Å²) in [5, 5.41) is 3.28. The van der Waals surface area contributed by atoms with Crippen LogP contribution in [-0.2, 0) is 32.6 Å². The smallest absolute Gasteiger partial charge is 0.264 e. The van der Waals surface area contributed by atoms with Crippen LogP contribution in [0.25, 0.3) is 0 Å². The number of likely N-dealkylation sites (N-methyl/N-ethyl adjacent to an activating group) is 1. The van der Waals surface area contributed by atoms with Gasteiger partial charge in [0.1, 0.15) is 24.1 Å². The number of carbonyl (C=O) groups is 2. The van der Waals surface area contributed by atoms with Gasteiger partial charge in [0.2, 0.25) is 11.8 Å². The minimum atomic E-state index is -4.23. The average molecular weight is 682 g/mol. The highest BCUT2D eigenvalue weighted by molar-refractivity contribution is 7.92. The Balaban J connectivity index is 1.55.